The number of carbonyl (C=O) groups is 1. The second-order valence-electron chi connectivity index (χ2n) is 3.83. The lowest BCUT2D eigenvalue weighted by molar-refractivity contribution is -0.139. The number of esters is 1. The molecule has 0 aliphatic carbocycles. The Balaban J connectivity index is 2.04. The first-order valence-corrected chi connectivity index (χ1v) is 5.63. The number of ether oxygens (including phenoxy) is 2. The molecule has 0 aliphatic heterocycles. The lowest BCUT2D eigenvalue weighted by atomic mass is 10.1. The van der Waals surface area contributed by atoms with Gasteiger partial charge in [-0.05, 0) is 22.4 Å². The molecule has 3 nitrogen and oxygen atoms in total. The van der Waals surface area contributed by atoms with Crippen LogP contribution in [0.25, 0.3) is 10.8 Å². The summed E-state index contributed by atoms with van der Waals surface area (Å²) >= 11 is 0. The van der Waals surface area contributed by atoms with Gasteiger partial charge < -0.3 is 9.47 Å². The average molecular weight is 242 g/mol. The van der Waals surface area contributed by atoms with Crippen molar-refractivity contribution in [3.63, 3.8) is 0 Å². The Morgan fingerprint density at radius 3 is 2.72 bits per heavy atom. The lowest BCUT2D eigenvalue weighted by Crippen LogP contribution is -2.00. The van der Waals surface area contributed by atoms with E-state index in [2.05, 4.69) is 4.74 Å². The Morgan fingerprint density at radius 2 is 1.94 bits per heavy atom. The van der Waals surface area contributed by atoms with Crippen LogP contribution in [0.2, 0.25) is 0 Å². The molecule has 0 saturated heterocycles. The van der Waals surface area contributed by atoms with Crippen molar-refractivity contribution in [2.75, 3.05) is 7.11 Å². The van der Waals surface area contributed by atoms with E-state index in [9.17, 15) is 4.79 Å². The fourth-order valence-corrected chi connectivity index (χ4v) is 1.65. The van der Waals surface area contributed by atoms with Gasteiger partial charge in [0.15, 0.2) is 0 Å². The van der Waals surface area contributed by atoms with Gasteiger partial charge in [-0.3, -0.25) is 0 Å². The van der Waals surface area contributed by atoms with Crippen LogP contribution < -0.4 is 0 Å². The molecule has 2 aromatic rings. The van der Waals surface area contributed by atoms with Crippen molar-refractivity contribution in [1.82, 2.24) is 0 Å². The highest BCUT2D eigenvalue weighted by Gasteiger charge is 2.00. The topological polar surface area (TPSA) is 35.5 Å². The maximum atomic E-state index is 11.2. The SMILES string of the molecule is CO/C=C/C(=O)OCc1ccc2ccccc2c1. The molecule has 0 fully saturated rings. The zero-order valence-corrected chi connectivity index (χ0v) is 10.1. The molecule has 0 N–H and O–H groups in total. The largest absolute Gasteiger partial charge is 0.504 e. The Hall–Kier alpha value is -2.29. The Morgan fingerprint density at radius 1 is 1.17 bits per heavy atom. The van der Waals surface area contributed by atoms with Gasteiger partial charge in [0.1, 0.15) is 6.61 Å². The fraction of sp³-hybridized carbons (Fsp3) is 0.133. The lowest BCUT2D eigenvalue weighted by Gasteiger charge is -2.04. The number of hydrogen-bond donors (Lipinski definition) is 0. The van der Waals surface area contributed by atoms with Crippen molar-refractivity contribution in [3.05, 3.63) is 60.4 Å². The van der Waals surface area contributed by atoms with Crippen LogP contribution in [0.5, 0.6) is 0 Å². The molecule has 18 heavy (non-hydrogen) atoms. The number of fused-ring (bicyclic) bond motifs is 1. The summed E-state index contributed by atoms with van der Waals surface area (Å²) in [6, 6.07) is 14.1. The summed E-state index contributed by atoms with van der Waals surface area (Å²) in [6.45, 7) is 0.262. The molecule has 0 atom stereocenters. The highest BCUT2D eigenvalue weighted by Crippen LogP contribution is 2.16. The van der Waals surface area contributed by atoms with E-state index in [4.69, 9.17) is 4.74 Å². The molecule has 0 heterocycles. The van der Waals surface area contributed by atoms with E-state index in [1.807, 2.05) is 42.5 Å². The van der Waals surface area contributed by atoms with Crippen LogP contribution in [0.3, 0.4) is 0 Å². The monoisotopic (exact) mass is 242 g/mol. The summed E-state index contributed by atoms with van der Waals surface area (Å²) in [5.74, 6) is -0.412. The predicted molar refractivity (Wildman–Crippen MR) is 69.9 cm³/mol. The molecule has 0 bridgehead atoms. The number of methoxy groups -OCH3 is 1. The number of hydrogen-bond acceptors (Lipinski definition) is 3. The smallest absolute Gasteiger partial charge is 0.334 e. The quantitative estimate of drug-likeness (QED) is 0.469. The van der Waals surface area contributed by atoms with Crippen LogP contribution in [0.4, 0.5) is 0 Å². The second kappa shape index (κ2) is 5.87. The van der Waals surface area contributed by atoms with Crippen molar-refractivity contribution in [1.29, 1.82) is 0 Å². The van der Waals surface area contributed by atoms with E-state index < -0.39 is 5.97 Å². The average Bonchev–Trinajstić information content (AvgIpc) is 2.42. The van der Waals surface area contributed by atoms with E-state index in [0.29, 0.717) is 0 Å². The molecule has 0 amide bonds. The van der Waals surface area contributed by atoms with Gasteiger partial charge >= 0.3 is 5.97 Å². The van der Waals surface area contributed by atoms with Crippen LogP contribution in [-0.4, -0.2) is 13.1 Å². The third-order valence-electron chi connectivity index (χ3n) is 2.54. The van der Waals surface area contributed by atoms with Gasteiger partial charge in [-0.2, -0.15) is 0 Å². The van der Waals surface area contributed by atoms with E-state index in [1.54, 1.807) is 0 Å². The standard InChI is InChI=1S/C15H14O3/c1-17-9-8-15(16)18-11-12-6-7-13-4-2-3-5-14(13)10-12/h2-10H,11H2,1H3/b9-8+. The maximum Gasteiger partial charge on any atom is 0.334 e. The van der Waals surface area contributed by atoms with Crippen molar-refractivity contribution in [2.45, 2.75) is 6.61 Å². The van der Waals surface area contributed by atoms with Crippen LogP contribution in [0.1, 0.15) is 5.56 Å². The predicted octanol–water partition coefficient (Wildman–Crippen LogP) is 3.04. The number of carbonyl (C=O) groups excluding carboxylic acids is 1. The first kappa shape index (κ1) is 12.2. The van der Waals surface area contributed by atoms with E-state index >= 15 is 0 Å². The van der Waals surface area contributed by atoms with E-state index in [-0.39, 0.29) is 6.61 Å². The van der Waals surface area contributed by atoms with Gasteiger partial charge in [-0.15, -0.1) is 0 Å². The number of rotatable bonds is 4. The number of benzene rings is 2. The van der Waals surface area contributed by atoms with Crippen LogP contribution >= 0.6 is 0 Å². The summed E-state index contributed by atoms with van der Waals surface area (Å²) in [7, 11) is 1.48. The molecule has 0 aliphatic rings. The molecule has 0 aromatic heterocycles. The summed E-state index contributed by atoms with van der Waals surface area (Å²) in [5, 5.41) is 2.31. The Bertz CT molecular complexity index is 573. The normalized spacial score (nSPS) is 10.7. The molecule has 3 heteroatoms. The minimum absolute atomic E-state index is 0.262. The Kier molecular flexibility index (Phi) is 3.97. The molecule has 2 rings (SSSR count). The highest BCUT2D eigenvalue weighted by atomic mass is 16.5. The third-order valence-corrected chi connectivity index (χ3v) is 2.54. The van der Waals surface area contributed by atoms with Crippen molar-refractivity contribution in [3.8, 4) is 0 Å². The first-order valence-electron chi connectivity index (χ1n) is 5.63. The van der Waals surface area contributed by atoms with Gasteiger partial charge in [-0.1, -0.05) is 36.4 Å². The third kappa shape index (κ3) is 3.10. The zero-order chi connectivity index (χ0) is 12.8. The Labute approximate surface area is 106 Å². The minimum atomic E-state index is -0.412. The zero-order valence-electron chi connectivity index (χ0n) is 10.1. The summed E-state index contributed by atoms with van der Waals surface area (Å²) in [6.07, 6.45) is 2.55. The molecule has 92 valence electrons. The van der Waals surface area contributed by atoms with E-state index in [0.717, 1.165) is 10.9 Å². The highest BCUT2D eigenvalue weighted by molar-refractivity contribution is 5.83. The molecule has 0 unspecified atom stereocenters. The van der Waals surface area contributed by atoms with Gasteiger partial charge in [0.2, 0.25) is 0 Å². The molecule has 0 radical (unpaired) electrons. The van der Waals surface area contributed by atoms with Crippen LogP contribution in [0, 0.1) is 0 Å². The molecule has 0 saturated carbocycles. The van der Waals surface area contributed by atoms with Gasteiger partial charge in [0, 0.05) is 0 Å². The second-order valence-corrected chi connectivity index (χ2v) is 3.83. The fourth-order valence-electron chi connectivity index (χ4n) is 1.65. The van der Waals surface area contributed by atoms with Crippen LogP contribution in [0.15, 0.2) is 54.8 Å². The maximum absolute atomic E-state index is 11.2. The van der Waals surface area contributed by atoms with Gasteiger partial charge in [-0.25, -0.2) is 4.79 Å². The van der Waals surface area contributed by atoms with Crippen molar-refractivity contribution < 1.29 is 14.3 Å². The first-order chi connectivity index (χ1) is 8.79. The van der Waals surface area contributed by atoms with Crippen molar-refractivity contribution >= 4 is 16.7 Å². The van der Waals surface area contributed by atoms with Gasteiger partial charge in [0.05, 0.1) is 19.4 Å². The van der Waals surface area contributed by atoms with Crippen molar-refractivity contribution in [2.24, 2.45) is 0 Å². The minimum Gasteiger partial charge on any atom is -0.504 e. The van der Waals surface area contributed by atoms with E-state index in [1.165, 1.54) is 24.8 Å². The molecular weight excluding hydrogens is 228 g/mol. The molecular formula is C15H14O3. The molecule has 0 spiro atoms. The summed E-state index contributed by atoms with van der Waals surface area (Å²) < 4.78 is 9.71. The summed E-state index contributed by atoms with van der Waals surface area (Å²) in [5.41, 5.74) is 0.966. The summed E-state index contributed by atoms with van der Waals surface area (Å²) in [4.78, 5) is 11.2. The molecule has 2 aromatic carbocycles. The van der Waals surface area contributed by atoms with Gasteiger partial charge in [0.25, 0.3) is 0 Å². The van der Waals surface area contributed by atoms with Crippen LogP contribution in [-0.2, 0) is 20.9 Å².